The number of rotatable bonds is 3. The molecule has 1 aliphatic rings. The molecule has 0 bridgehead atoms. The van der Waals surface area contributed by atoms with E-state index in [9.17, 15) is 4.79 Å². The number of aryl methyl sites for hydroxylation is 1. The van der Waals surface area contributed by atoms with Crippen LogP contribution in [0.3, 0.4) is 0 Å². The second-order valence-electron chi connectivity index (χ2n) is 5.19. The molecule has 2 amide bonds. The van der Waals surface area contributed by atoms with Gasteiger partial charge in [0.15, 0.2) is 5.13 Å². The predicted molar refractivity (Wildman–Crippen MR) is 87.5 cm³/mol. The molecule has 1 atom stereocenters. The Morgan fingerprint density at radius 2 is 2.18 bits per heavy atom. The molecular formula is C15H18N4O2S. The van der Waals surface area contributed by atoms with E-state index in [4.69, 9.17) is 10.5 Å². The molecule has 0 saturated heterocycles. The Balaban J connectivity index is 1.55. The van der Waals surface area contributed by atoms with Crippen molar-refractivity contribution in [2.45, 2.75) is 25.3 Å². The van der Waals surface area contributed by atoms with Gasteiger partial charge in [-0.1, -0.05) is 0 Å². The Bertz CT molecular complexity index is 669. The molecule has 1 heterocycles. The summed E-state index contributed by atoms with van der Waals surface area (Å²) in [6.07, 6.45) is 2.53. The van der Waals surface area contributed by atoms with Crippen LogP contribution in [-0.4, -0.2) is 24.2 Å². The highest BCUT2D eigenvalue weighted by Crippen LogP contribution is 2.28. The lowest BCUT2D eigenvalue weighted by molar-refractivity contribution is 0.247. The van der Waals surface area contributed by atoms with Gasteiger partial charge in [-0.05, 0) is 37.1 Å². The van der Waals surface area contributed by atoms with Gasteiger partial charge in [-0.2, -0.15) is 0 Å². The number of carbonyl (C=O) groups excluding carboxylic acids is 1. The third-order valence-corrected chi connectivity index (χ3v) is 4.59. The zero-order chi connectivity index (χ0) is 15.5. The summed E-state index contributed by atoms with van der Waals surface area (Å²) in [6.45, 7) is 0. The quantitative estimate of drug-likeness (QED) is 0.811. The van der Waals surface area contributed by atoms with E-state index in [1.54, 1.807) is 19.2 Å². The number of ether oxygens (including phenoxy) is 1. The van der Waals surface area contributed by atoms with Crippen molar-refractivity contribution in [1.29, 1.82) is 0 Å². The molecule has 22 heavy (non-hydrogen) atoms. The third-order valence-electron chi connectivity index (χ3n) is 3.64. The van der Waals surface area contributed by atoms with Crippen LogP contribution in [0.1, 0.15) is 17.0 Å². The molecule has 2 aromatic rings. The molecule has 0 spiro atoms. The number of thiazole rings is 1. The summed E-state index contributed by atoms with van der Waals surface area (Å²) in [6, 6.07) is 7.15. The minimum Gasteiger partial charge on any atom is -0.497 e. The van der Waals surface area contributed by atoms with E-state index >= 15 is 0 Å². The van der Waals surface area contributed by atoms with Crippen molar-refractivity contribution in [1.82, 2.24) is 10.3 Å². The van der Waals surface area contributed by atoms with Gasteiger partial charge in [0.25, 0.3) is 0 Å². The molecule has 3 rings (SSSR count). The van der Waals surface area contributed by atoms with Crippen LogP contribution in [0.15, 0.2) is 24.3 Å². The van der Waals surface area contributed by atoms with Gasteiger partial charge in [-0.25, -0.2) is 9.78 Å². The molecule has 1 aliphatic carbocycles. The van der Waals surface area contributed by atoms with Crippen molar-refractivity contribution >= 4 is 28.2 Å². The third kappa shape index (κ3) is 3.30. The average molecular weight is 318 g/mol. The van der Waals surface area contributed by atoms with Crippen molar-refractivity contribution in [3.05, 3.63) is 34.8 Å². The molecule has 116 valence electrons. The van der Waals surface area contributed by atoms with Gasteiger partial charge < -0.3 is 21.1 Å². The first-order valence-electron chi connectivity index (χ1n) is 7.09. The Hall–Kier alpha value is -2.28. The number of nitrogens with zero attached hydrogens (tertiary/aromatic N) is 1. The number of fused-ring (bicyclic) bond motifs is 1. The van der Waals surface area contributed by atoms with Crippen LogP contribution in [0.4, 0.5) is 15.6 Å². The fraction of sp³-hybridized carbons (Fsp3) is 0.333. The number of hydrogen-bond donors (Lipinski definition) is 3. The van der Waals surface area contributed by atoms with Crippen LogP contribution in [0.2, 0.25) is 0 Å². The van der Waals surface area contributed by atoms with Gasteiger partial charge in [0.1, 0.15) is 5.75 Å². The Morgan fingerprint density at radius 1 is 1.41 bits per heavy atom. The molecule has 1 aromatic carbocycles. The van der Waals surface area contributed by atoms with Gasteiger partial charge in [-0.3, -0.25) is 0 Å². The van der Waals surface area contributed by atoms with E-state index in [0.717, 1.165) is 36.4 Å². The van der Waals surface area contributed by atoms with E-state index in [1.165, 1.54) is 16.2 Å². The molecule has 6 nitrogen and oxygen atoms in total. The number of methoxy groups -OCH3 is 1. The number of hydrogen-bond acceptors (Lipinski definition) is 5. The number of anilines is 2. The zero-order valence-corrected chi connectivity index (χ0v) is 13.1. The van der Waals surface area contributed by atoms with Gasteiger partial charge in [0.2, 0.25) is 0 Å². The highest BCUT2D eigenvalue weighted by molar-refractivity contribution is 7.15. The largest absolute Gasteiger partial charge is 0.497 e. The molecule has 4 N–H and O–H groups in total. The summed E-state index contributed by atoms with van der Waals surface area (Å²) >= 11 is 1.51. The van der Waals surface area contributed by atoms with E-state index in [2.05, 4.69) is 15.6 Å². The first-order valence-corrected chi connectivity index (χ1v) is 7.91. The highest BCUT2D eigenvalue weighted by atomic mass is 32.1. The maximum atomic E-state index is 12.1. The van der Waals surface area contributed by atoms with Crippen molar-refractivity contribution in [2.75, 3.05) is 18.2 Å². The second-order valence-corrected chi connectivity index (χ2v) is 6.30. The van der Waals surface area contributed by atoms with Gasteiger partial charge in [0.05, 0.1) is 12.8 Å². The normalized spacial score (nSPS) is 16.7. The average Bonchev–Trinajstić information content (AvgIpc) is 2.87. The maximum absolute atomic E-state index is 12.1. The summed E-state index contributed by atoms with van der Waals surface area (Å²) in [4.78, 5) is 17.5. The number of aromatic nitrogens is 1. The first-order chi connectivity index (χ1) is 10.6. The molecule has 7 heteroatoms. The maximum Gasteiger partial charge on any atom is 0.319 e. The second kappa shape index (κ2) is 6.23. The summed E-state index contributed by atoms with van der Waals surface area (Å²) in [7, 11) is 1.61. The van der Waals surface area contributed by atoms with Gasteiger partial charge in [-0.15, -0.1) is 11.3 Å². The SMILES string of the molecule is COc1ccc(NC(=O)N[C@H]2CCc3nc(N)sc3C2)cc1. The van der Waals surface area contributed by atoms with E-state index < -0.39 is 0 Å². The minimum absolute atomic E-state index is 0.116. The summed E-state index contributed by atoms with van der Waals surface area (Å²) in [5.74, 6) is 0.758. The van der Waals surface area contributed by atoms with Crippen molar-refractivity contribution in [2.24, 2.45) is 0 Å². The summed E-state index contributed by atoms with van der Waals surface area (Å²) in [5, 5.41) is 6.43. The van der Waals surface area contributed by atoms with E-state index in [0.29, 0.717) is 5.13 Å². The number of nitrogens with two attached hydrogens (primary N) is 1. The zero-order valence-electron chi connectivity index (χ0n) is 12.3. The number of nitrogens with one attached hydrogen (secondary N) is 2. The molecular weight excluding hydrogens is 300 g/mol. The number of benzene rings is 1. The fourth-order valence-electron chi connectivity index (χ4n) is 2.55. The molecule has 1 aromatic heterocycles. The van der Waals surface area contributed by atoms with Gasteiger partial charge in [0, 0.05) is 23.0 Å². The lowest BCUT2D eigenvalue weighted by Gasteiger charge is -2.22. The topological polar surface area (TPSA) is 89.3 Å². The van der Waals surface area contributed by atoms with Crippen LogP contribution in [0.25, 0.3) is 0 Å². The van der Waals surface area contributed by atoms with Crippen LogP contribution in [-0.2, 0) is 12.8 Å². The smallest absolute Gasteiger partial charge is 0.319 e. The molecule has 0 unspecified atom stereocenters. The van der Waals surface area contributed by atoms with Crippen molar-refractivity contribution in [3.8, 4) is 5.75 Å². The Morgan fingerprint density at radius 3 is 2.91 bits per heavy atom. The number of nitrogen functional groups attached to an aromatic ring is 1. The molecule has 0 fully saturated rings. The van der Waals surface area contributed by atoms with Crippen LogP contribution in [0.5, 0.6) is 5.75 Å². The summed E-state index contributed by atoms with van der Waals surface area (Å²) < 4.78 is 5.09. The number of carbonyl (C=O) groups is 1. The molecule has 0 radical (unpaired) electrons. The predicted octanol–water partition coefficient (Wildman–Crippen LogP) is 2.41. The van der Waals surface area contributed by atoms with Crippen LogP contribution < -0.4 is 21.1 Å². The van der Waals surface area contributed by atoms with Crippen LogP contribution >= 0.6 is 11.3 Å². The Labute approximate surface area is 132 Å². The van der Waals surface area contributed by atoms with E-state index in [1.807, 2.05) is 12.1 Å². The standard InChI is InChI=1S/C15H18N4O2S/c1-21-11-5-2-9(3-6-11)17-15(20)18-10-4-7-12-13(8-10)22-14(16)19-12/h2-3,5-6,10H,4,7-8H2,1H3,(H2,16,19)(H2,17,18,20)/t10-/m0/s1. The number of amides is 2. The monoisotopic (exact) mass is 318 g/mol. The molecule has 0 saturated carbocycles. The van der Waals surface area contributed by atoms with Crippen molar-refractivity contribution < 1.29 is 9.53 Å². The summed E-state index contributed by atoms with van der Waals surface area (Å²) in [5.41, 5.74) is 7.54. The lowest BCUT2D eigenvalue weighted by atomic mass is 9.98. The van der Waals surface area contributed by atoms with Crippen LogP contribution in [0, 0.1) is 0 Å². The highest BCUT2D eigenvalue weighted by Gasteiger charge is 2.23. The van der Waals surface area contributed by atoms with Gasteiger partial charge >= 0.3 is 6.03 Å². The molecule has 0 aliphatic heterocycles. The first kappa shape index (κ1) is 14.6. The minimum atomic E-state index is -0.198. The lowest BCUT2D eigenvalue weighted by Crippen LogP contribution is -2.41. The Kier molecular flexibility index (Phi) is 4.15. The fourth-order valence-corrected chi connectivity index (χ4v) is 3.50. The number of urea groups is 1. The van der Waals surface area contributed by atoms with Crippen molar-refractivity contribution in [3.63, 3.8) is 0 Å². The van der Waals surface area contributed by atoms with E-state index in [-0.39, 0.29) is 12.1 Å².